The predicted octanol–water partition coefficient (Wildman–Crippen LogP) is 2.82. The molecule has 0 saturated carbocycles. The topological polar surface area (TPSA) is 76.9 Å². The number of rotatable bonds is 7. The van der Waals surface area contributed by atoms with Gasteiger partial charge < -0.3 is 15.4 Å². The second-order valence-corrected chi connectivity index (χ2v) is 7.33. The fourth-order valence-corrected chi connectivity index (χ4v) is 4.02. The van der Waals surface area contributed by atoms with E-state index in [4.69, 9.17) is 4.74 Å². The quantitative estimate of drug-likeness (QED) is 0.644. The van der Waals surface area contributed by atoms with E-state index in [0.29, 0.717) is 12.1 Å². The van der Waals surface area contributed by atoms with Crippen molar-refractivity contribution in [3.05, 3.63) is 65.5 Å². The van der Waals surface area contributed by atoms with E-state index in [-0.39, 0.29) is 0 Å². The Hall–Kier alpha value is -2.77. The molecule has 0 spiro atoms. The molecule has 2 atom stereocenters. The van der Waals surface area contributed by atoms with Gasteiger partial charge in [0, 0.05) is 30.6 Å². The van der Waals surface area contributed by atoms with Crippen molar-refractivity contribution in [1.82, 2.24) is 30.8 Å². The van der Waals surface area contributed by atoms with Gasteiger partial charge in [0.2, 0.25) is 0 Å². The van der Waals surface area contributed by atoms with E-state index < -0.39 is 0 Å². The fraction of sp³-hybridized carbons (Fsp3) is 0.409. The molecule has 1 saturated heterocycles. The van der Waals surface area contributed by atoms with Gasteiger partial charge in [0.1, 0.15) is 5.75 Å². The van der Waals surface area contributed by atoms with Crippen molar-refractivity contribution in [3.63, 3.8) is 0 Å². The standard InChI is InChI=1S/C22H28N6O/c1-3-21-25-26-27-28(21)18-11-12-20(29-2)17(14-18)15-24-19-10-7-13-23-22(19)16-8-5-4-6-9-16/h4-6,8-9,11-12,14,19,22-24H,3,7,10,13,15H2,1-2H3/t19-,22-/m0/s1. The summed E-state index contributed by atoms with van der Waals surface area (Å²) in [6, 6.07) is 17.4. The van der Waals surface area contributed by atoms with E-state index in [1.807, 2.05) is 19.1 Å². The molecule has 29 heavy (non-hydrogen) atoms. The summed E-state index contributed by atoms with van der Waals surface area (Å²) >= 11 is 0. The Morgan fingerprint density at radius 1 is 1.21 bits per heavy atom. The molecule has 1 aromatic heterocycles. The third kappa shape index (κ3) is 4.31. The molecule has 0 bridgehead atoms. The van der Waals surface area contributed by atoms with Gasteiger partial charge in [-0.15, -0.1) is 5.10 Å². The molecule has 2 aromatic carbocycles. The van der Waals surface area contributed by atoms with E-state index in [1.165, 1.54) is 12.0 Å². The number of nitrogens with one attached hydrogen (secondary N) is 2. The van der Waals surface area contributed by atoms with E-state index in [9.17, 15) is 0 Å². The van der Waals surface area contributed by atoms with Gasteiger partial charge in [0.25, 0.3) is 0 Å². The number of aryl methyl sites for hydroxylation is 1. The third-order valence-electron chi connectivity index (χ3n) is 5.53. The lowest BCUT2D eigenvalue weighted by Gasteiger charge is -2.34. The highest BCUT2D eigenvalue weighted by Gasteiger charge is 2.25. The average Bonchev–Trinajstić information content (AvgIpc) is 3.27. The van der Waals surface area contributed by atoms with Gasteiger partial charge in [-0.05, 0) is 53.6 Å². The summed E-state index contributed by atoms with van der Waals surface area (Å²) in [6.07, 6.45) is 3.09. The molecule has 0 aliphatic carbocycles. The van der Waals surface area contributed by atoms with Crippen LogP contribution >= 0.6 is 0 Å². The SMILES string of the molecule is CCc1nnnn1-c1ccc(OC)c(CN[C@H]2CCCN[C@H]2c2ccccc2)c1. The summed E-state index contributed by atoms with van der Waals surface area (Å²) in [4.78, 5) is 0. The highest BCUT2D eigenvalue weighted by molar-refractivity contribution is 5.44. The van der Waals surface area contributed by atoms with Crippen LogP contribution in [0.25, 0.3) is 5.69 Å². The van der Waals surface area contributed by atoms with Crippen LogP contribution in [0.5, 0.6) is 5.75 Å². The number of ether oxygens (including phenoxy) is 1. The first-order valence-corrected chi connectivity index (χ1v) is 10.3. The fourth-order valence-electron chi connectivity index (χ4n) is 4.02. The first-order valence-electron chi connectivity index (χ1n) is 10.3. The Balaban J connectivity index is 1.54. The Bertz CT molecular complexity index is 926. The number of hydrogen-bond acceptors (Lipinski definition) is 6. The Morgan fingerprint density at radius 2 is 2.07 bits per heavy atom. The summed E-state index contributed by atoms with van der Waals surface area (Å²) in [5.41, 5.74) is 3.37. The molecule has 2 N–H and O–H groups in total. The summed E-state index contributed by atoms with van der Waals surface area (Å²) in [6.45, 7) is 3.82. The third-order valence-corrected chi connectivity index (χ3v) is 5.53. The van der Waals surface area contributed by atoms with Gasteiger partial charge in [-0.2, -0.15) is 4.68 Å². The normalized spacial score (nSPS) is 19.2. The van der Waals surface area contributed by atoms with Crippen LogP contribution in [-0.2, 0) is 13.0 Å². The smallest absolute Gasteiger partial charge is 0.156 e. The van der Waals surface area contributed by atoms with Crippen LogP contribution in [0.2, 0.25) is 0 Å². The van der Waals surface area contributed by atoms with Crippen molar-refractivity contribution >= 4 is 0 Å². The van der Waals surface area contributed by atoms with Crippen molar-refractivity contribution in [3.8, 4) is 11.4 Å². The molecule has 7 heteroatoms. The summed E-state index contributed by atoms with van der Waals surface area (Å²) in [5.74, 6) is 1.71. The molecular formula is C22H28N6O. The lowest BCUT2D eigenvalue weighted by Crippen LogP contribution is -2.45. The van der Waals surface area contributed by atoms with Crippen LogP contribution < -0.4 is 15.4 Å². The van der Waals surface area contributed by atoms with Gasteiger partial charge in [-0.3, -0.25) is 0 Å². The highest BCUT2D eigenvalue weighted by Crippen LogP contribution is 2.26. The second-order valence-electron chi connectivity index (χ2n) is 7.33. The molecule has 0 unspecified atom stereocenters. The largest absolute Gasteiger partial charge is 0.496 e. The molecule has 0 radical (unpaired) electrons. The lowest BCUT2D eigenvalue weighted by atomic mass is 9.92. The predicted molar refractivity (Wildman–Crippen MR) is 112 cm³/mol. The number of hydrogen-bond donors (Lipinski definition) is 2. The maximum atomic E-state index is 5.61. The molecule has 152 valence electrons. The molecule has 4 rings (SSSR count). The van der Waals surface area contributed by atoms with E-state index >= 15 is 0 Å². The number of methoxy groups -OCH3 is 1. The summed E-state index contributed by atoms with van der Waals surface area (Å²) in [7, 11) is 1.71. The molecule has 7 nitrogen and oxygen atoms in total. The molecule has 1 aliphatic rings. The molecule has 3 aromatic rings. The van der Waals surface area contributed by atoms with Crippen molar-refractivity contribution < 1.29 is 4.74 Å². The maximum Gasteiger partial charge on any atom is 0.156 e. The molecule has 1 aliphatic heterocycles. The minimum Gasteiger partial charge on any atom is -0.496 e. The van der Waals surface area contributed by atoms with E-state index in [2.05, 4.69) is 62.6 Å². The lowest BCUT2D eigenvalue weighted by molar-refractivity contribution is 0.303. The first-order chi connectivity index (χ1) is 14.3. The van der Waals surface area contributed by atoms with E-state index in [0.717, 1.165) is 48.8 Å². The van der Waals surface area contributed by atoms with E-state index in [1.54, 1.807) is 11.8 Å². The summed E-state index contributed by atoms with van der Waals surface area (Å²) < 4.78 is 7.40. The number of nitrogens with zero attached hydrogens (tertiary/aromatic N) is 4. The van der Waals surface area contributed by atoms with Crippen LogP contribution in [0, 0.1) is 0 Å². The second kappa shape index (κ2) is 9.15. The van der Waals surface area contributed by atoms with Crippen LogP contribution in [-0.4, -0.2) is 39.9 Å². The van der Waals surface area contributed by atoms with Crippen LogP contribution in [0.1, 0.15) is 42.8 Å². The average molecular weight is 393 g/mol. The zero-order valence-electron chi connectivity index (χ0n) is 17.0. The van der Waals surface area contributed by atoms with Crippen molar-refractivity contribution in [2.75, 3.05) is 13.7 Å². The number of tetrazole rings is 1. The first kappa shape index (κ1) is 19.5. The Morgan fingerprint density at radius 3 is 2.86 bits per heavy atom. The van der Waals surface area contributed by atoms with Gasteiger partial charge in [0.05, 0.1) is 12.8 Å². The Labute approximate surface area is 171 Å². The van der Waals surface area contributed by atoms with Crippen LogP contribution in [0.4, 0.5) is 0 Å². The van der Waals surface area contributed by atoms with Crippen molar-refractivity contribution in [2.45, 2.75) is 44.8 Å². The number of aromatic nitrogens is 4. The zero-order valence-corrected chi connectivity index (χ0v) is 17.0. The highest BCUT2D eigenvalue weighted by atomic mass is 16.5. The van der Waals surface area contributed by atoms with Crippen LogP contribution in [0.3, 0.4) is 0 Å². The number of benzene rings is 2. The Kier molecular flexibility index (Phi) is 6.17. The number of piperidine rings is 1. The summed E-state index contributed by atoms with van der Waals surface area (Å²) in [5, 5.41) is 19.5. The minimum atomic E-state index is 0.310. The van der Waals surface area contributed by atoms with Gasteiger partial charge in [-0.25, -0.2) is 0 Å². The van der Waals surface area contributed by atoms with Gasteiger partial charge in [0.15, 0.2) is 5.82 Å². The minimum absolute atomic E-state index is 0.310. The molecule has 2 heterocycles. The monoisotopic (exact) mass is 392 g/mol. The maximum absolute atomic E-state index is 5.61. The molecule has 1 fully saturated rings. The van der Waals surface area contributed by atoms with Crippen molar-refractivity contribution in [2.24, 2.45) is 0 Å². The molecular weight excluding hydrogens is 364 g/mol. The molecule has 0 amide bonds. The van der Waals surface area contributed by atoms with Gasteiger partial charge >= 0.3 is 0 Å². The van der Waals surface area contributed by atoms with Crippen LogP contribution in [0.15, 0.2) is 48.5 Å². The zero-order chi connectivity index (χ0) is 20.1. The van der Waals surface area contributed by atoms with Gasteiger partial charge in [-0.1, -0.05) is 37.3 Å². The van der Waals surface area contributed by atoms with Crippen molar-refractivity contribution in [1.29, 1.82) is 0 Å².